The standard InChI is InChI=1S/C17H23N3O/c1-4-5-6-14-7-9-15(10-8-14)20-17(11-13(2)3)16(12-21)18-19-20/h7-10,12-13H,4-6,11H2,1-3H3. The summed E-state index contributed by atoms with van der Waals surface area (Å²) in [5, 5.41) is 8.12. The second kappa shape index (κ2) is 7.16. The molecule has 0 unspecified atom stereocenters. The van der Waals surface area contributed by atoms with Gasteiger partial charge in [-0.25, -0.2) is 4.68 Å². The molecule has 0 bridgehead atoms. The van der Waals surface area contributed by atoms with Crippen molar-refractivity contribution in [3.8, 4) is 5.69 Å². The van der Waals surface area contributed by atoms with E-state index in [2.05, 4.69) is 55.3 Å². The topological polar surface area (TPSA) is 47.8 Å². The highest BCUT2D eigenvalue weighted by Gasteiger charge is 2.14. The number of aryl methyl sites for hydroxylation is 1. The van der Waals surface area contributed by atoms with Gasteiger partial charge in [-0.1, -0.05) is 44.5 Å². The van der Waals surface area contributed by atoms with Crippen LogP contribution in [0.5, 0.6) is 0 Å². The Morgan fingerprint density at radius 3 is 2.52 bits per heavy atom. The monoisotopic (exact) mass is 285 g/mol. The number of rotatable bonds is 7. The van der Waals surface area contributed by atoms with Crippen molar-refractivity contribution in [3.63, 3.8) is 0 Å². The van der Waals surface area contributed by atoms with Crippen LogP contribution in [0.15, 0.2) is 24.3 Å². The van der Waals surface area contributed by atoms with Crippen molar-refractivity contribution >= 4 is 6.29 Å². The SMILES string of the molecule is CCCCc1ccc(-n2nnc(C=O)c2CC(C)C)cc1. The van der Waals surface area contributed by atoms with Gasteiger partial charge in [0.05, 0.1) is 11.4 Å². The third-order valence-corrected chi connectivity index (χ3v) is 3.51. The molecule has 4 heteroatoms. The van der Waals surface area contributed by atoms with Crippen LogP contribution >= 0.6 is 0 Å². The van der Waals surface area contributed by atoms with Gasteiger partial charge in [-0.05, 0) is 42.9 Å². The Bertz CT molecular complexity index is 585. The average Bonchev–Trinajstić information content (AvgIpc) is 2.87. The van der Waals surface area contributed by atoms with E-state index in [1.807, 2.05) is 0 Å². The summed E-state index contributed by atoms with van der Waals surface area (Å²) in [6, 6.07) is 8.37. The molecule has 0 fully saturated rings. The van der Waals surface area contributed by atoms with E-state index in [4.69, 9.17) is 0 Å². The van der Waals surface area contributed by atoms with Crippen molar-refractivity contribution in [1.29, 1.82) is 0 Å². The zero-order valence-electron chi connectivity index (χ0n) is 13.0. The number of carbonyl (C=O) groups excluding carboxylic acids is 1. The fourth-order valence-electron chi connectivity index (χ4n) is 2.37. The van der Waals surface area contributed by atoms with Crippen molar-refractivity contribution < 1.29 is 4.79 Å². The molecule has 4 nitrogen and oxygen atoms in total. The van der Waals surface area contributed by atoms with Gasteiger partial charge in [0.1, 0.15) is 5.69 Å². The molecule has 1 heterocycles. The zero-order chi connectivity index (χ0) is 15.2. The molecule has 2 aromatic rings. The first-order valence-electron chi connectivity index (χ1n) is 7.64. The first kappa shape index (κ1) is 15.4. The van der Waals surface area contributed by atoms with Crippen LogP contribution in [0.25, 0.3) is 5.69 Å². The molecule has 2 rings (SSSR count). The number of benzene rings is 1. The Kier molecular flexibility index (Phi) is 5.26. The molecular formula is C17H23N3O. The minimum atomic E-state index is 0.443. The normalized spacial score (nSPS) is 11.0. The Morgan fingerprint density at radius 2 is 1.95 bits per heavy atom. The third kappa shape index (κ3) is 3.78. The molecule has 0 atom stereocenters. The van der Waals surface area contributed by atoms with Gasteiger partial charge >= 0.3 is 0 Å². The lowest BCUT2D eigenvalue weighted by molar-refractivity contribution is 0.111. The quantitative estimate of drug-likeness (QED) is 0.730. The highest BCUT2D eigenvalue weighted by atomic mass is 16.1. The van der Waals surface area contributed by atoms with Crippen LogP contribution in [0.3, 0.4) is 0 Å². The Morgan fingerprint density at radius 1 is 1.24 bits per heavy atom. The maximum absolute atomic E-state index is 11.1. The molecule has 0 aliphatic heterocycles. The molecule has 21 heavy (non-hydrogen) atoms. The zero-order valence-corrected chi connectivity index (χ0v) is 13.0. The van der Waals surface area contributed by atoms with E-state index in [1.165, 1.54) is 18.4 Å². The van der Waals surface area contributed by atoms with Crippen LogP contribution < -0.4 is 0 Å². The van der Waals surface area contributed by atoms with E-state index in [0.717, 1.165) is 30.5 Å². The van der Waals surface area contributed by atoms with Gasteiger partial charge in [0, 0.05) is 0 Å². The molecule has 0 aliphatic rings. The lowest BCUT2D eigenvalue weighted by Gasteiger charge is -2.09. The first-order chi connectivity index (χ1) is 10.2. The second-order valence-electron chi connectivity index (χ2n) is 5.82. The number of hydrogen-bond donors (Lipinski definition) is 0. The number of aromatic nitrogens is 3. The molecule has 112 valence electrons. The van der Waals surface area contributed by atoms with Crippen LogP contribution in [0.4, 0.5) is 0 Å². The van der Waals surface area contributed by atoms with Gasteiger partial charge in [0.2, 0.25) is 0 Å². The predicted octanol–water partition coefficient (Wildman–Crippen LogP) is 3.62. The van der Waals surface area contributed by atoms with Crippen LogP contribution in [-0.4, -0.2) is 21.3 Å². The summed E-state index contributed by atoms with van der Waals surface area (Å²) >= 11 is 0. The van der Waals surface area contributed by atoms with Gasteiger partial charge in [-0.2, -0.15) is 0 Å². The summed E-state index contributed by atoms with van der Waals surface area (Å²) in [7, 11) is 0. The molecule has 0 aliphatic carbocycles. The van der Waals surface area contributed by atoms with Crippen LogP contribution in [0.2, 0.25) is 0 Å². The van der Waals surface area contributed by atoms with E-state index >= 15 is 0 Å². The molecular weight excluding hydrogens is 262 g/mol. The Hall–Kier alpha value is -1.97. The summed E-state index contributed by atoms with van der Waals surface area (Å²) in [4.78, 5) is 11.1. The van der Waals surface area contributed by atoms with Crippen molar-refractivity contribution in [2.24, 2.45) is 5.92 Å². The minimum Gasteiger partial charge on any atom is -0.296 e. The van der Waals surface area contributed by atoms with Crippen molar-refractivity contribution in [3.05, 3.63) is 41.2 Å². The Balaban J connectivity index is 2.28. The first-order valence-corrected chi connectivity index (χ1v) is 7.64. The third-order valence-electron chi connectivity index (χ3n) is 3.51. The van der Waals surface area contributed by atoms with Gasteiger partial charge in [0.15, 0.2) is 6.29 Å². The lowest BCUT2D eigenvalue weighted by Crippen LogP contribution is -2.07. The van der Waals surface area contributed by atoms with Crippen molar-refractivity contribution in [2.45, 2.75) is 46.5 Å². The molecule has 0 spiro atoms. The molecule has 0 N–H and O–H groups in total. The number of nitrogens with zero attached hydrogens (tertiary/aromatic N) is 3. The number of unbranched alkanes of at least 4 members (excludes halogenated alkanes) is 1. The fraction of sp³-hybridized carbons (Fsp3) is 0.471. The summed E-state index contributed by atoms with van der Waals surface area (Å²) in [6.45, 7) is 6.45. The van der Waals surface area contributed by atoms with Crippen LogP contribution in [0, 0.1) is 5.92 Å². The smallest absolute Gasteiger partial charge is 0.172 e. The largest absolute Gasteiger partial charge is 0.296 e. The fourth-order valence-corrected chi connectivity index (χ4v) is 2.37. The van der Waals surface area contributed by atoms with E-state index in [0.29, 0.717) is 11.6 Å². The van der Waals surface area contributed by atoms with Crippen molar-refractivity contribution in [2.75, 3.05) is 0 Å². The van der Waals surface area contributed by atoms with E-state index in [1.54, 1.807) is 4.68 Å². The highest BCUT2D eigenvalue weighted by molar-refractivity contribution is 5.73. The molecule has 0 saturated heterocycles. The summed E-state index contributed by atoms with van der Waals surface area (Å²) in [5.41, 5.74) is 3.63. The Labute approximate surface area is 126 Å². The molecule has 0 saturated carbocycles. The maximum atomic E-state index is 11.1. The molecule has 0 radical (unpaired) electrons. The second-order valence-corrected chi connectivity index (χ2v) is 5.82. The molecule has 1 aromatic carbocycles. The van der Waals surface area contributed by atoms with Gasteiger partial charge in [-0.15, -0.1) is 5.10 Å². The van der Waals surface area contributed by atoms with Crippen LogP contribution in [0.1, 0.15) is 55.4 Å². The van der Waals surface area contributed by atoms with E-state index in [-0.39, 0.29) is 0 Å². The maximum Gasteiger partial charge on any atom is 0.172 e. The summed E-state index contributed by atoms with van der Waals surface area (Å²) in [5.74, 6) is 0.449. The van der Waals surface area contributed by atoms with Gasteiger partial charge in [0.25, 0.3) is 0 Å². The highest BCUT2D eigenvalue weighted by Crippen LogP contribution is 2.17. The lowest BCUT2D eigenvalue weighted by atomic mass is 10.1. The van der Waals surface area contributed by atoms with Crippen molar-refractivity contribution in [1.82, 2.24) is 15.0 Å². The summed E-state index contributed by atoms with van der Waals surface area (Å²) < 4.78 is 1.79. The number of aldehydes is 1. The van der Waals surface area contributed by atoms with E-state index in [9.17, 15) is 4.79 Å². The minimum absolute atomic E-state index is 0.443. The molecule has 0 amide bonds. The van der Waals surface area contributed by atoms with Crippen LogP contribution in [-0.2, 0) is 12.8 Å². The predicted molar refractivity (Wildman–Crippen MR) is 83.9 cm³/mol. The van der Waals surface area contributed by atoms with Gasteiger partial charge < -0.3 is 0 Å². The molecule has 1 aromatic heterocycles. The number of hydrogen-bond acceptors (Lipinski definition) is 3. The summed E-state index contributed by atoms with van der Waals surface area (Å²) in [6.07, 6.45) is 5.09. The van der Waals surface area contributed by atoms with Gasteiger partial charge in [-0.3, -0.25) is 4.79 Å². The number of carbonyl (C=O) groups is 1. The average molecular weight is 285 g/mol. The van der Waals surface area contributed by atoms with E-state index < -0.39 is 0 Å².